The minimum atomic E-state index is -4.61. The van der Waals surface area contributed by atoms with E-state index in [1.165, 1.54) is 25.6 Å². The van der Waals surface area contributed by atoms with Crippen LogP contribution in [0, 0.1) is 5.82 Å². The lowest BCUT2D eigenvalue weighted by atomic mass is 10.0. The van der Waals surface area contributed by atoms with Gasteiger partial charge in [-0.3, -0.25) is 0 Å². The van der Waals surface area contributed by atoms with Crippen LogP contribution >= 0.6 is 0 Å². The highest BCUT2D eigenvalue weighted by Gasteiger charge is 2.34. The molecule has 0 spiro atoms. The predicted molar refractivity (Wildman–Crippen MR) is 111 cm³/mol. The summed E-state index contributed by atoms with van der Waals surface area (Å²) in [4.78, 5) is 15.4. The molecule has 0 amide bonds. The Morgan fingerprint density at radius 2 is 1.62 bits per heavy atom. The fraction of sp³-hybridized carbons (Fsp3) is 0.182. The molecule has 0 saturated carbocycles. The molecule has 10 heteroatoms. The van der Waals surface area contributed by atoms with Crippen LogP contribution in [-0.4, -0.2) is 27.0 Å². The van der Waals surface area contributed by atoms with Gasteiger partial charge >= 0.3 is 6.18 Å². The van der Waals surface area contributed by atoms with Crippen molar-refractivity contribution in [3.05, 3.63) is 72.3 Å². The Hall–Kier alpha value is -3.82. The van der Waals surface area contributed by atoms with Crippen LogP contribution in [0.2, 0.25) is 0 Å². The first-order valence-electron chi connectivity index (χ1n) is 9.50. The van der Waals surface area contributed by atoms with Crippen LogP contribution in [0.5, 0.6) is 5.75 Å². The average Bonchev–Trinajstić information content (AvgIpc) is 2.78. The molecule has 164 valence electrons. The van der Waals surface area contributed by atoms with Crippen molar-refractivity contribution in [3.8, 4) is 16.9 Å². The number of fused-ring (bicyclic) bond motifs is 1. The summed E-state index contributed by atoms with van der Waals surface area (Å²) in [6.45, 7) is 1.75. The smallest absolute Gasteiger partial charge is 0.451 e. The van der Waals surface area contributed by atoms with Crippen LogP contribution < -0.4 is 10.1 Å². The molecule has 0 radical (unpaired) electrons. The monoisotopic (exact) mass is 443 g/mol. The largest absolute Gasteiger partial charge is 0.494 e. The van der Waals surface area contributed by atoms with Crippen LogP contribution in [0.15, 0.2) is 55.1 Å². The standard InChI is InChI=1S/C22H17F4N5O/c1-12(15-9-27-21(28-10-15)22(24,25)26)31-20-17-7-14(13-3-5-16(23)6-4-13)8-18(32-2)19(17)29-11-30-20/h3-12H,1-2H3,(H,29,30,31)/t12-/m0/s1. The number of benzene rings is 2. The SMILES string of the molecule is COc1cc(-c2ccc(F)cc2)cc2c(N[C@@H](C)c3cnc(C(F)(F)F)nc3)ncnc12. The maximum absolute atomic E-state index is 13.3. The molecule has 0 unspecified atom stereocenters. The number of hydrogen-bond donors (Lipinski definition) is 1. The molecule has 0 aliphatic rings. The van der Waals surface area contributed by atoms with Crippen molar-refractivity contribution in [1.29, 1.82) is 0 Å². The summed E-state index contributed by atoms with van der Waals surface area (Å²) in [6.07, 6.45) is -0.991. The Morgan fingerprint density at radius 3 is 2.25 bits per heavy atom. The number of rotatable bonds is 5. The van der Waals surface area contributed by atoms with Gasteiger partial charge in [0.25, 0.3) is 0 Å². The maximum Gasteiger partial charge on any atom is 0.451 e. The summed E-state index contributed by atoms with van der Waals surface area (Å²) in [7, 11) is 1.51. The molecule has 2 aromatic carbocycles. The summed E-state index contributed by atoms with van der Waals surface area (Å²) in [5, 5.41) is 3.80. The lowest BCUT2D eigenvalue weighted by molar-refractivity contribution is -0.145. The van der Waals surface area contributed by atoms with Crippen molar-refractivity contribution in [3.63, 3.8) is 0 Å². The first-order chi connectivity index (χ1) is 15.3. The molecule has 1 atom stereocenters. The number of nitrogens with zero attached hydrogens (tertiary/aromatic N) is 4. The molecule has 4 aromatic rings. The van der Waals surface area contributed by atoms with Gasteiger partial charge < -0.3 is 10.1 Å². The van der Waals surface area contributed by atoms with E-state index in [2.05, 4.69) is 25.3 Å². The van der Waals surface area contributed by atoms with Crippen molar-refractivity contribution in [2.45, 2.75) is 19.1 Å². The Bertz CT molecular complexity index is 1240. The Balaban J connectivity index is 1.72. The van der Waals surface area contributed by atoms with Gasteiger partial charge in [-0.25, -0.2) is 24.3 Å². The fourth-order valence-corrected chi connectivity index (χ4v) is 3.21. The molecule has 0 saturated heterocycles. The third kappa shape index (κ3) is 4.29. The molecule has 2 aromatic heterocycles. The average molecular weight is 443 g/mol. The lowest BCUT2D eigenvalue weighted by Crippen LogP contribution is -2.14. The number of nitrogens with one attached hydrogen (secondary N) is 1. The van der Waals surface area contributed by atoms with Crippen molar-refractivity contribution in [1.82, 2.24) is 19.9 Å². The van der Waals surface area contributed by atoms with E-state index in [0.717, 1.165) is 23.5 Å². The van der Waals surface area contributed by atoms with Crippen LogP contribution in [0.4, 0.5) is 23.4 Å². The number of hydrogen-bond acceptors (Lipinski definition) is 6. The molecule has 4 rings (SSSR count). The zero-order valence-corrected chi connectivity index (χ0v) is 17.0. The van der Waals surface area contributed by atoms with Gasteiger partial charge in [0.15, 0.2) is 0 Å². The van der Waals surface area contributed by atoms with E-state index < -0.39 is 18.0 Å². The first kappa shape index (κ1) is 21.4. The zero-order valence-electron chi connectivity index (χ0n) is 17.0. The van der Waals surface area contributed by atoms with Crippen molar-refractivity contribution >= 4 is 16.7 Å². The molecule has 6 nitrogen and oxygen atoms in total. The van der Waals surface area contributed by atoms with E-state index in [1.54, 1.807) is 25.1 Å². The minimum absolute atomic E-state index is 0.347. The fourth-order valence-electron chi connectivity index (χ4n) is 3.21. The third-order valence-electron chi connectivity index (χ3n) is 4.88. The summed E-state index contributed by atoms with van der Waals surface area (Å²) in [6, 6.07) is 9.20. The minimum Gasteiger partial charge on any atom is -0.494 e. The molecular formula is C22H17F4N5O. The number of methoxy groups -OCH3 is 1. The number of anilines is 1. The second kappa shape index (κ2) is 8.37. The third-order valence-corrected chi connectivity index (χ3v) is 4.88. The van der Waals surface area contributed by atoms with E-state index in [0.29, 0.717) is 28.0 Å². The van der Waals surface area contributed by atoms with E-state index >= 15 is 0 Å². The Labute approximate surface area is 180 Å². The second-order valence-electron chi connectivity index (χ2n) is 7.01. The topological polar surface area (TPSA) is 72.8 Å². The summed E-state index contributed by atoms with van der Waals surface area (Å²) in [5.74, 6) is -0.600. The first-order valence-corrected chi connectivity index (χ1v) is 9.50. The van der Waals surface area contributed by atoms with Crippen LogP contribution in [0.1, 0.15) is 24.4 Å². The quantitative estimate of drug-likeness (QED) is 0.415. The zero-order chi connectivity index (χ0) is 22.9. The Morgan fingerprint density at radius 1 is 0.938 bits per heavy atom. The van der Waals surface area contributed by atoms with Gasteiger partial charge in [0.2, 0.25) is 5.82 Å². The van der Waals surface area contributed by atoms with Crippen LogP contribution in [-0.2, 0) is 6.18 Å². The normalized spacial score (nSPS) is 12.6. The summed E-state index contributed by atoms with van der Waals surface area (Å²) in [5.41, 5.74) is 2.53. The Kier molecular flexibility index (Phi) is 5.60. The van der Waals surface area contributed by atoms with Crippen molar-refractivity contribution < 1.29 is 22.3 Å². The highest BCUT2D eigenvalue weighted by atomic mass is 19.4. The lowest BCUT2D eigenvalue weighted by Gasteiger charge is -2.17. The number of alkyl halides is 3. The molecule has 0 aliphatic heterocycles. The van der Waals surface area contributed by atoms with Gasteiger partial charge in [0.05, 0.1) is 13.2 Å². The molecular weight excluding hydrogens is 426 g/mol. The highest BCUT2D eigenvalue weighted by Crippen LogP contribution is 2.35. The number of aromatic nitrogens is 4. The molecule has 0 aliphatic carbocycles. The number of halogens is 4. The maximum atomic E-state index is 13.3. The summed E-state index contributed by atoms with van der Waals surface area (Å²) < 4.78 is 57.0. The van der Waals surface area contributed by atoms with Crippen LogP contribution in [0.25, 0.3) is 22.0 Å². The molecule has 2 heterocycles. The summed E-state index contributed by atoms with van der Waals surface area (Å²) >= 11 is 0. The molecule has 0 bridgehead atoms. The molecule has 0 fully saturated rings. The van der Waals surface area contributed by atoms with Crippen molar-refractivity contribution in [2.75, 3.05) is 12.4 Å². The van der Waals surface area contributed by atoms with E-state index in [9.17, 15) is 17.6 Å². The molecule has 1 N–H and O–H groups in total. The van der Waals surface area contributed by atoms with E-state index in [4.69, 9.17) is 4.74 Å². The van der Waals surface area contributed by atoms with Gasteiger partial charge in [-0.2, -0.15) is 13.2 Å². The second-order valence-corrected chi connectivity index (χ2v) is 7.01. The van der Waals surface area contributed by atoms with Gasteiger partial charge in [-0.1, -0.05) is 12.1 Å². The van der Waals surface area contributed by atoms with Gasteiger partial charge in [-0.05, 0) is 42.3 Å². The number of ether oxygens (including phenoxy) is 1. The van der Waals surface area contributed by atoms with Gasteiger partial charge in [0, 0.05) is 23.3 Å². The highest BCUT2D eigenvalue weighted by molar-refractivity contribution is 5.96. The van der Waals surface area contributed by atoms with Crippen molar-refractivity contribution in [2.24, 2.45) is 0 Å². The van der Waals surface area contributed by atoms with Gasteiger partial charge in [-0.15, -0.1) is 0 Å². The molecule has 32 heavy (non-hydrogen) atoms. The van der Waals surface area contributed by atoms with E-state index in [-0.39, 0.29) is 5.82 Å². The van der Waals surface area contributed by atoms with Gasteiger partial charge in [0.1, 0.15) is 29.2 Å². The van der Waals surface area contributed by atoms with E-state index in [1.807, 2.05) is 6.07 Å². The predicted octanol–water partition coefficient (Wildman–Crippen LogP) is 5.43. The van der Waals surface area contributed by atoms with Crippen LogP contribution in [0.3, 0.4) is 0 Å².